The van der Waals surface area contributed by atoms with Crippen molar-refractivity contribution in [3.8, 4) is 0 Å². The lowest BCUT2D eigenvalue weighted by Crippen LogP contribution is -2.24. The molecule has 1 saturated heterocycles. The van der Waals surface area contributed by atoms with Crippen molar-refractivity contribution in [3.05, 3.63) is 0 Å². The van der Waals surface area contributed by atoms with E-state index in [9.17, 15) is 0 Å². The molecule has 1 heterocycles. The van der Waals surface area contributed by atoms with Crippen LogP contribution in [0.3, 0.4) is 0 Å². The molecule has 62 valence electrons. The van der Waals surface area contributed by atoms with E-state index in [4.69, 9.17) is 4.74 Å². The van der Waals surface area contributed by atoms with Gasteiger partial charge in [0.25, 0.3) is 0 Å². The Kier molecular flexibility index (Phi) is 3.37. The molecule has 0 aromatic heterocycles. The van der Waals surface area contributed by atoms with Gasteiger partial charge >= 0.3 is 0 Å². The lowest BCUT2D eigenvalue weighted by atomic mass is 9.88. The van der Waals surface area contributed by atoms with Crippen LogP contribution in [0, 0.1) is 5.41 Å². The molecule has 0 spiro atoms. The van der Waals surface area contributed by atoms with Crippen LogP contribution < -0.4 is 0 Å². The third-order valence-electron chi connectivity index (χ3n) is 1.90. The van der Waals surface area contributed by atoms with Crippen LogP contribution in [0.25, 0.3) is 0 Å². The molecule has 0 saturated carbocycles. The smallest absolute Gasteiger partial charge is 0.0624 e. The summed E-state index contributed by atoms with van der Waals surface area (Å²) < 4.78 is 5.52. The average molecular weight is 144 g/mol. The molecule has 1 nitrogen and oxygen atoms in total. The Hall–Kier alpha value is -0.0400. The molecule has 0 bridgehead atoms. The maximum atomic E-state index is 5.52. The summed E-state index contributed by atoms with van der Waals surface area (Å²) in [4.78, 5) is 0. The average Bonchev–Trinajstić information content (AvgIpc) is 2.08. The van der Waals surface area contributed by atoms with Crippen LogP contribution in [0.15, 0.2) is 0 Å². The molecule has 0 N–H and O–H groups in total. The highest BCUT2D eigenvalue weighted by atomic mass is 16.5. The number of rotatable bonds is 0. The minimum absolute atomic E-state index is 0. The minimum atomic E-state index is 0. The third-order valence-corrected chi connectivity index (χ3v) is 1.90. The van der Waals surface area contributed by atoms with E-state index in [1.165, 1.54) is 12.8 Å². The van der Waals surface area contributed by atoms with Gasteiger partial charge in [-0.25, -0.2) is 0 Å². The van der Waals surface area contributed by atoms with Crippen LogP contribution in [0.5, 0.6) is 0 Å². The van der Waals surface area contributed by atoms with E-state index >= 15 is 0 Å². The first-order valence-electron chi connectivity index (χ1n) is 3.72. The zero-order chi connectivity index (χ0) is 6.91. The first-order valence-corrected chi connectivity index (χ1v) is 3.72. The van der Waals surface area contributed by atoms with Crippen molar-refractivity contribution in [1.82, 2.24) is 0 Å². The highest BCUT2D eigenvalue weighted by Gasteiger charge is 2.27. The van der Waals surface area contributed by atoms with Crippen molar-refractivity contribution < 1.29 is 4.74 Å². The molecule has 1 unspecified atom stereocenters. The van der Waals surface area contributed by atoms with E-state index in [2.05, 4.69) is 20.8 Å². The van der Waals surface area contributed by atoms with Crippen LogP contribution in [0.1, 0.15) is 41.0 Å². The minimum Gasteiger partial charge on any atom is -0.378 e. The Balaban J connectivity index is 0.000000810. The van der Waals surface area contributed by atoms with Crippen LogP contribution >= 0.6 is 0 Å². The zero-order valence-corrected chi connectivity index (χ0v) is 6.61. The van der Waals surface area contributed by atoms with E-state index in [0.717, 1.165) is 6.61 Å². The zero-order valence-electron chi connectivity index (χ0n) is 6.61. The molecule has 1 rings (SSSR count). The second-order valence-corrected chi connectivity index (χ2v) is 3.87. The topological polar surface area (TPSA) is 9.23 Å². The SMILES string of the molecule is C.CC(C)(C)C1CCCO1. The van der Waals surface area contributed by atoms with Crippen molar-refractivity contribution >= 4 is 0 Å². The molecule has 1 heteroatoms. The van der Waals surface area contributed by atoms with Gasteiger partial charge in [-0.15, -0.1) is 0 Å². The van der Waals surface area contributed by atoms with Crippen molar-refractivity contribution in [1.29, 1.82) is 0 Å². The summed E-state index contributed by atoms with van der Waals surface area (Å²) in [7, 11) is 0. The normalized spacial score (nSPS) is 26.1. The molecule has 1 aliphatic rings. The van der Waals surface area contributed by atoms with Gasteiger partial charge < -0.3 is 4.74 Å². The summed E-state index contributed by atoms with van der Waals surface area (Å²) in [6, 6.07) is 0. The molecule has 1 atom stereocenters. The standard InChI is InChI=1S/C8H16O.CH4/c1-8(2,3)7-5-4-6-9-7;/h7H,4-6H2,1-3H3;1H4. The van der Waals surface area contributed by atoms with Crippen molar-refractivity contribution in [2.24, 2.45) is 5.41 Å². The Labute approximate surface area is 64.8 Å². The highest BCUT2D eigenvalue weighted by molar-refractivity contribution is 4.77. The lowest BCUT2D eigenvalue weighted by Gasteiger charge is -2.25. The fraction of sp³-hybridized carbons (Fsp3) is 1.00. The predicted octanol–water partition coefficient (Wildman–Crippen LogP) is 2.85. The van der Waals surface area contributed by atoms with E-state index in [1.807, 2.05) is 0 Å². The Bertz CT molecular complexity index is 85.4. The van der Waals surface area contributed by atoms with Gasteiger partial charge in [0, 0.05) is 6.61 Å². The lowest BCUT2D eigenvalue weighted by molar-refractivity contribution is 0.0290. The van der Waals surface area contributed by atoms with Gasteiger partial charge in [0.15, 0.2) is 0 Å². The maximum absolute atomic E-state index is 5.52. The third kappa shape index (κ3) is 2.30. The molecule has 0 radical (unpaired) electrons. The summed E-state index contributed by atoms with van der Waals surface area (Å²) in [6.45, 7) is 7.69. The number of hydrogen-bond donors (Lipinski definition) is 0. The second-order valence-electron chi connectivity index (χ2n) is 3.87. The Morgan fingerprint density at radius 3 is 2.10 bits per heavy atom. The number of ether oxygens (including phenoxy) is 1. The molecule has 10 heavy (non-hydrogen) atoms. The summed E-state index contributed by atoms with van der Waals surface area (Å²) in [5.74, 6) is 0. The van der Waals surface area contributed by atoms with E-state index in [-0.39, 0.29) is 7.43 Å². The second kappa shape index (κ2) is 3.38. The van der Waals surface area contributed by atoms with Gasteiger partial charge in [0.2, 0.25) is 0 Å². The van der Waals surface area contributed by atoms with Crippen LogP contribution in [0.4, 0.5) is 0 Å². The molecule has 0 aromatic carbocycles. The van der Waals surface area contributed by atoms with Crippen molar-refractivity contribution in [2.75, 3.05) is 6.61 Å². The molecular weight excluding hydrogens is 124 g/mol. The monoisotopic (exact) mass is 144 g/mol. The first-order chi connectivity index (χ1) is 4.11. The van der Waals surface area contributed by atoms with Gasteiger partial charge in [-0.3, -0.25) is 0 Å². The van der Waals surface area contributed by atoms with Gasteiger partial charge in [-0.2, -0.15) is 0 Å². The first kappa shape index (κ1) is 9.96. The fourth-order valence-corrected chi connectivity index (χ4v) is 1.26. The number of hydrogen-bond acceptors (Lipinski definition) is 1. The molecule has 1 aliphatic heterocycles. The van der Waals surface area contributed by atoms with Crippen LogP contribution in [-0.2, 0) is 4.74 Å². The molecule has 0 amide bonds. The summed E-state index contributed by atoms with van der Waals surface area (Å²) >= 11 is 0. The summed E-state index contributed by atoms with van der Waals surface area (Å²) in [5, 5.41) is 0. The van der Waals surface area contributed by atoms with Gasteiger partial charge in [-0.05, 0) is 18.3 Å². The summed E-state index contributed by atoms with van der Waals surface area (Å²) in [6.07, 6.45) is 3.02. The van der Waals surface area contributed by atoms with Crippen molar-refractivity contribution in [2.45, 2.75) is 47.1 Å². The molecular formula is C9H20O. The van der Waals surface area contributed by atoms with Crippen LogP contribution in [-0.4, -0.2) is 12.7 Å². The van der Waals surface area contributed by atoms with Crippen LogP contribution in [0.2, 0.25) is 0 Å². The van der Waals surface area contributed by atoms with Gasteiger partial charge in [-0.1, -0.05) is 28.2 Å². The Morgan fingerprint density at radius 2 is 1.90 bits per heavy atom. The quantitative estimate of drug-likeness (QED) is 0.508. The fourth-order valence-electron chi connectivity index (χ4n) is 1.26. The molecule has 0 aliphatic carbocycles. The molecule has 0 aromatic rings. The predicted molar refractivity (Wildman–Crippen MR) is 45.2 cm³/mol. The van der Waals surface area contributed by atoms with E-state index in [1.54, 1.807) is 0 Å². The Morgan fingerprint density at radius 1 is 1.30 bits per heavy atom. The summed E-state index contributed by atoms with van der Waals surface area (Å²) in [5.41, 5.74) is 0.358. The highest BCUT2D eigenvalue weighted by Crippen LogP contribution is 2.29. The van der Waals surface area contributed by atoms with Gasteiger partial charge in [0.1, 0.15) is 0 Å². The molecule has 1 fully saturated rings. The van der Waals surface area contributed by atoms with Gasteiger partial charge in [0.05, 0.1) is 6.10 Å². The van der Waals surface area contributed by atoms with Crippen molar-refractivity contribution in [3.63, 3.8) is 0 Å². The largest absolute Gasteiger partial charge is 0.378 e. The van der Waals surface area contributed by atoms with E-state index in [0.29, 0.717) is 11.5 Å². The maximum Gasteiger partial charge on any atom is 0.0624 e. The van der Waals surface area contributed by atoms with E-state index < -0.39 is 0 Å².